The Morgan fingerprint density at radius 3 is 2.61 bits per heavy atom. The van der Waals surface area contributed by atoms with Gasteiger partial charge in [-0.05, 0) is 66.8 Å². The Hall–Kier alpha value is -4.06. The molecular formula is C25H20N6. The van der Waals surface area contributed by atoms with Crippen LogP contribution in [0.25, 0.3) is 39.4 Å². The van der Waals surface area contributed by atoms with Crippen molar-refractivity contribution >= 4 is 17.0 Å². The number of imidazole rings is 1. The monoisotopic (exact) mass is 404 g/mol. The number of aryl methyl sites for hydroxylation is 2. The molecule has 6 heteroatoms. The molecule has 0 amide bonds. The first-order valence-electron chi connectivity index (χ1n) is 10.4. The third-order valence-corrected chi connectivity index (χ3v) is 5.91. The molecule has 0 radical (unpaired) electrons. The standard InChI is InChI=1S/C25H20N6/c26-23-21(7-3-11-28-23)24-30-22-13-19(18-6-2-10-27-14-18)15-29-25(22)31(24)20-9-8-16-4-1-5-17(16)12-20/h2-3,6-15H,1,4-5H2,(H2,26,28). The molecule has 6 nitrogen and oxygen atoms in total. The van der Waals surface area contributed by atoms with Gasteiger partial charge >= 0.3 is 0 Å². The molecular weight excluding hydrogens is 384 g/mol. The number of nitrogens with two attached hydrogens (primary N) is 1. The molecule has 4 heterocycles. The van der Waals surface area contributed by atoms with Gasteiger partial charge in [0.05, 0.1) is 5.56 Å². The van der Waals surface area contributed by atoms with Crippen LogP contribution in [0.2, 0.25) is 0 Å². The fraction of sp³-hybridized carbons (Fsp3) is 0.120. The van der Waals surface area contributed by atoms with Crippen LogP contribution in [-0.2, 0) is 12.8 Å². The number of anilines is 1. The van der Waals surface area contributed by atoms with E-state index in [0.717, 1.165) is 52.2 Å². The Balaban J connectivity index is 1.61. The topological polar surface area (TPSA) is 82.5 Å². The van der Waals surface area contributed by atoms with Crippen molar-refractivity contribution in [3.63, 3.8) is 0 Å². The third-order valence-electron chi connectivity index (χ3n) is 5.91. The van der Waals surface area contributed by atoms with E-state index in [4.69, 9.17) is 15.7 Å². The molecule has 31 heavy (non-hydrogen) atoms. The van der Waals surface area contributed by atoms with Crippen LogP contribution in [0.15, 0.2) is 73.3 Å². The van der Waals surface area contributed by atoms with E-state index >= 15 is 0 Å². The summed E-state index contributed by atoms with van der Waals surface area (Å²) in [4.78, 5) is 18.3. The van der Waals surface area contributed by atoms with Crippen molar-refractivity contribution in [2.75, 3.05) is 5.73 Å². The van der Waals surface area contributed by atoms with E-state index < -0.39 is 0 Å². The highest BCUT2D eigenvalue weighted by molar-refractivity contribution is 5.85. The third kappa shape index (κ3) is 2.95. The number of rotatable bonds is 3. The number of hydrogen-bond donors (Lipinski definition) is 1. The van der Waals surface area contributed by atoms with Crippen LogP contribution in [0.4, 0.5) is 5.82 Å². The molecule has 0 spiro atoms. The second kappa shape index (κ2) is 7.02. The molecule has 0 unspecified atom stereocenters. The first-order valence-corrected chi connectivity index (χ1v) is 10.4. The van der Waals surface area contributed by atoms with E-state index in [9.17, 15) is 0 Å². The molecule has 1 aliphatic carbocycles. The van der Waals surface area contributed by atoms with Gasteiger partial charge in [-0.3, -0.25) is 9.55 Å². The zero-order valence-corrected chi connectivity index (χ0v) is 16.9. The van der Waals surface area contributed by atoms with Gasteiger partial charge in [-0.25, -0.2) is 15.0 Å². The van der Waals surface area contributed by atoms with Crippen LogP contribution in [-0.4, -0.2) is 24.5 Å². The molecule has 150 valence electrons. The molecule has 5 aromatic rings. The number of hydrogen-bond acceptors (Lipinski definition) is 5. The summed E-state index contributed by atoms with van der Waals surface area (Å²) in [5, 5.41) is 0. The van der Waals surface area contributed by atoms with Gasteiger partial charge in [-0.1, -0.05) is 12.1 Å². The number of nitrogens with zero attached hydrogens (tertiary/aromatic N) is 5. The van der Waals surface area contributed by atoms with Gasteiger partial charge in [0.2, 0.25) is 0 Å². The number of pyridine rings is 3. The number of aromatic nitrogens is 5. The SMILES string of the molecule is Nc1ncccc1-c1nc2cc(-c3cccnc3)cnc2n1-c1ccc2c(c1)CCC2. The van der Waals surface area contributed by atoms with Gasteiger partial charge in [0.25, 0.3) is 0 Å². The highest BCUT2D eigenvalue weighted by atomic mass is 15.1. The van der Waals surface area contributed by atoms with Gasteiger partial charge in [0.15, 0.2) is 11.5 Å². The molecule has 0 bridgehead atoms. The van der Waals surface area contributed by atoms with Gasteiger partial charge in [-0.15, -0.1) is 0 Å². The van der Waals surface area contributed by atoms with Crippen molar-refractivity contribution in [2.45, 2.75) is 19.3 Å². The summed E-state index contributed by atoms with van der Waals surface area (Å²) < 4.78 is 2.09. The zero-order chi connectivity index (χ0) is 20.8. The maximum atomic E-state index is 6.24. The van der Waals surface area contributed by atoms with E-state index in [2.05, 4.69) is 38.8 Å². The molecule has 0 saturated carbocycles. The Labute approximate surface area is 179 Å². The largest absolute Gasteiger partial charge is 0.383 e. The summed E-state index contributed by atoms with van der Waals surface area (Å²) >= 11 is 0. The van der Waals surface area contributed by atoms with Gasteiger partial charge in [-0.2, -0.15) is 0 Å². The average Bonchev–Trinajstić information content (AvgIpc) is 3.43. The first-order chi connectivity index (χ1) is 15.3. The van der Waals surface area contributed by atoms with Crippen LogP contribution in [0, 0.1) is 0 Å². The van der Waals surface area contributed by atoms with Crippen LogP contribution in [0.3, 0.4) is 0 Å². The molecule has 0 atom stereocenters. The second-order valence-electron chi connectivity index (χ2n) is 7.82. The van der Waals surface area contributed by atoms with Crippen molar-refractivity contribution in [1.29, 1.82) is 0 Å². The first kappa shape index (κ1) is 17.8. The summed E-state index contributed by atoms with van der Waals surface area (Å²) in [6, 6.07) is 16.5. The maximum Gasteiger partial charge on any atom is 0.164 e. The summed E-state index contributed by atoms with van der Waals surface area (Å²) in [6.07, 6.45) is 10.6. The van der Waals surface area contributed by atoms with E-state index in [1.54, 1.807) is 12.4 Å². The van der Waals surface area contributed by atoms with Gasteiger partial charge in [0.1, 0.15) is 11.3 Å². The minimum Gasteiger partial charge on any atom is -0.383 e. The minimum absolute atomic E-state index is 0.452. The quantitative estimate of drug-likeness (QED) is 0.475. The molecule has 0 fully saturated rings. The fourth-order valence-electron chi connectivity index (χ4n) is 4.39. The molecule has 0 saturated heterocycles. The van der Waals surface area contributed by atoms with Crippen LogP contribution < -0.4 is 5.73 Å². The molecule has 1 aliphatic rings. The second-order valence-corrected chi connectivity index (χ2v) is 7.82. The van der Waals surface area contributed by atoms with E-state index in [0.29, 0.717) is 5.82 Å². The van der Waals surface area contributed by atoms with Gasteiger partial charge < -0.3 is 5.73 Å². The zero-order valence-electron chi connectivity index (χ0n) is 16.9. The molecule has 4 aromatic heterocycles. The van der Waals surface area contributed by atoms with Crippen molar-refractivity contribution in [2.24, 2.45) is 0 Å². The fourth-order valence-corrected chi connectivity index (χ4v) is 4.39. The summed E-state index contributed by atoms with van der Waals surface area (Å²) in [7, 11) is 0. The van der Waals surface area contributed by atoms with Crippen molar-refractivity contribution in [1.82, 2.24) is 24.5 Å². The smallest absolute Gasteiger partial charge is 0.164 e. The van der Waals surface area contributed by atoms with Crippen molar-refractivity contribution in [3.05, 3.63) is 84.4 Å². The van der Waals surface area contributed by atoms with Crippen molar-refractivity contribution < 1.29 is 0 Å². The highest BCUT2D eigenvalue weighted by Gasteiger charge is 2.20. The lowest BCUT2D eigenvalue weighted by Crippen LogP contribution is -2.02. The lowest BCUT2D eigenvalue weighted by atomic mass is 10.1. The van der Waals surface area contributed by atoms with E-state index in [-0.39, 0.29) is 0 Å². The summed E-state index contributed by atoms with van der Waals surface area (Å²) in [5.74, 6) is 1.20. The lowest BCUT2D eigenvalue weighted by molar-refractivity contribution is 0.911. The lowest BCUT2D eigenvalue weighted by Gasteiger charge is -2.12. The van der Waals surface area contributed by atoms with Crippen LogP contribution >= 0.6 is 0 Å². The number of fused-ring (bicyclic) bond motifs is 2. The molecule has 0 aliphatic heterocycles. The van der Waals surface area contributed by atoms with Crippen LogP contribution in [0.1, 0.15) is 17.5 Å². The average molecular weight is 404 g/mol. The number of benzene rings is 1. The maximum absolute atomic E-state index is 6.24. The van der Waals surface area contributed by atoms with Gasteiger partial charge in [0, 0.05) is 41.6 Å². The number of nitrogen functional groups attached to an aromatic ring is 1. The molecule has 1 aromatic carbocycles. The van der Waals surface area contributed by atoms with E-state index in [1.165, 1.54) is 17.5 Å². The van der Waals surface area contributed by atoms with Crippen molar-refractivity contribution in [3.8, 4) is 28.2 Å². The normalized spacial score (nSPS) is 12.9. The molecule has 2 N–H and O–H groups in total. The molecule has 6 rings (SSSR count). The Kier molecular flexibility index (Phi) is 4.02. The predicted octanol–water partition coefficient (Wildman–Crippen LogP) is 4.62. The minimum atomic E-state index is 0.452. The Morgan fingerprint density at radius 1 is 0.839 bits per heavy atom. The summed E-state index contributed by atoms with van der Waals surface area (Å²) in [6.45, 7) is 0. The Morgan fingerprint density at radius 2 is 1.74 bits per heavy atom. The van der Waals surface area contributed by atoms with Crippen LogP contribution in [0.5, 0.6) is 0 Å². The highest BCUT2D eigenvalue weighted by Crippen LogP contribution is 2.33. The summed E-state index contributed by atoms with van der Waals surface area (Å²) in [5.41, 5.74) is 14.5. The Bertz CT molecular complexity index is 1420. The predicted molar refractivity (Wildman–Crippen MR) is 122 cm³/mol. The van der Waals surface area contributed by atoms with E-state index in [1.807, 2.05) is 36.7 Å².